The lowest BCUT2D eigenvalue weighted by Gasteiger charge is -2.26. The highest BCUT2D eigenvalue weighted by atomic mass is 32.2. The van der Waals surface area contributed by atoms with Crippen molar-refractivity contribution in [1.82, 2.24) is 9.62 Å². The van der Waals surface area contributed by atoms with E-state index in [1.165, 1.54) is 10.4 Å². The van der Waals surface area contributed by atoms with Crippen LogP contribution in [0.5, 0.6) is 0 Å². The van der Waals surface area contributed by atoms with Crippen LogP contribution in [0.1, 0.15) is 21.5 Å². The number of benzene rings is 2. The number of hydrogen-bond acceptors (Lipinski definition) is 4. The number of sulfonamides is 1. The first kappa shape index (κ1) is 19.5. The first-order valence-corrected chi connectivity index (χ1v) is 10.0. The normalized spacial score (nSPS) is 15.5. The van der Waals surface area contributed by atoms with Gasteiger partial charge in [0.1, 0.15) is 10.7 Å². The van der Waals surface area contributed by atoms with Crippen molar-refractivity contribution in [2.75, 3.05) is 26.3 Å². The number of nitrogens with one attached hydrogen (secondary N) is 1. The second-order valence-electron chi connectivity index (χ2n) is 6.33. The fourth-order valence-electron chi connectivity index (χ4n) is 2.76. The summed E-state index contributed by atoms with van der Waals surface area (Å²) >= 11 is 0. The molecular weight excluding hydrogens is 371 g/mol. The average molecular weight is 392 g/mol. The van der Waals surface area contributed by atoms with Gasteiger partial charge in [-0.2, -0.15) is 4.31 Å². The topological polar surface area (TPSA) is 75.7 Å². The van der Waals surface area contributed by atoms with Crippen LogP contribution in [0, 0.1) is 12.7 Å². The first-order valence-electron chi connectivity index (χ1n) is 8.59. The third kappa shape index (κ3) is 4.52. The minimum atomic E-state index is -4.02. The Morgan fingerprint density at radius 2 is 1.81 bits per heavy atom. The molecule has 0 bridgehead atoms. The second kappa shape index (κ2) is 8.16. The Morgan fingerprint density at radius 1 is 1.15 bits per heavy atom. The van der Waals surface area contributed by atoms with Crippen molar-refractivity contribution in [3.05, 3.63) is 65.0 Å². The molecule has 144 valence electrons. The fourth-order valence-corrected chi connectivity index (χ4v) is 4.26. The van der Waals surface area contributed by atoms with Crippen molar-refractivity contribution in [3.8, 4) is 0 Å². The number of morpholine rings is 1. The van der Waals surface area contributed by atoms with Crippen LogP contribution in [0.15, 0.2) is 47.4 Å². The number of halogens is 1. The van der Waals surface area contributed by atoms with Crippen LogP contribution in [0.2, 0.25) is 0 Å². The Hall–Kier alpha value is -2.29. The highest BCUT2D eigenvalue weighted by Crippen LogP contribution is 2.22. The predicted molar refractivity (Wildman–Crippen MR) is 98.3 cm³/mol. The Morgan fingerprint density at radius 3 is 2.48 bits per heavy atom. The van der Waals surface area contributed by atoms with E-state index in [4.69, 9.17) is 4.74 Å². The van der Waals surface area contributed by atoms with E-state index in [0.717, 1.165) is 23.3 Å². The van der Waals surface area contributed by atoms with Crippen molar-refractivity contribution in [2.45, 2.75) is 18.4 Å². The van der Waals surface area contributed by atoms with Gasteiger partial charge < -0.3 is 10.1 Å². The van der Waals surface area contributed by atoms with Crippen LogP contribution < -0.4 is 5.32 Å². The van der Waals surface area contributed by atoms with Crippen LogP contribution in [0.25, 0.3) is 0 Å². The summed E-state index contributed by atoms with van der Waals surface area (Å²) in [5, 5.41) is 2.72. The van der Waals surface area contributed by atoms with E-state index in [1.54, 1.807) is 0 Å². The Balaban J connectivity index is 1.77. The summed E-state index contributed by atoms with van der Waals surface area (Å²) in [4.78, 5) is 11.9. The molecule has 0 saturated carbocycles. The number of hydrogen-bond donors (Lipinski definition) is 1. The average Bonchev–Trinajstić information content (AvgIpc) is 2.68. The van der Waals surface area contributed by atoms with Gasteiger partial charge in [0.25, 0.3) is 5.91 Å². The van der Waals surface area contributed by atoms with Gasteiger partial charge in [0, 0.05) is 25.2 Å². The molecule has 1 amide bonds. The SMILES string of the molecule is Cc1ccc(CNC(=O)c2ccc(F)c(S(=O)(=O)N3CCOCC3)c2)cc1. The molecule has 1 aliphatic heterocycles. The van der Waals surface area contributed by atoms with E-state index in [0.29, 0.717) is 6.54 Å². The zero-order valence-corrected chi connectivity index (χ0v) is 15.8. The molecule has 1 aliphatic rings. The van der Waals surface area contributed by atoms with Gasteiger partial charge in [0.05, 0.1) is 13.2 Å². The van der Waals surface area contributed by atoms with E-state index in [-0.39, 0.29) is 31.9 Å². The standard InChI is InChI=1S/C19H21FN2O4S/c1-14-2-4-15(5-3-14)13-21-19(23)16-6-7-17(20)18(12-16)27(24,25)22-8-10-26-11-9-22/h2-7,12H,8-11,13H2,1H3,(H,21,23). The van der Waals surface area contributed by atoms with Crippen LogP contribution >= 0.6 is 0 Å². The van der Waals surface area contributed by atoms with Crippen molar-refractivity contribution >= 4 is 15.9 Å². The van der Waals surface area contributed by atoms with Crippen LogP contribution in [0.3, 0.4) is 0 Å². The fraction of sp³-hybridized carbons (Fsp3) is 0.316. The zero-order chi connectivity index (χ0) is 19.4. The summed E-state index contributed by atoms with van der Waals surface area (Å²) in [5.41, 5.74) is 2.12. The van der Waals surface area contributed by atoms with Crippen LogP contribution in [0.4, 0.5) is 4.39 Å². The highest BCUT2D eigenvalue weighted by molar-refractivity contribution is 7.89. The molecule has 0 atom stereocenters. The molecule has 0 aromatic heterocycles. The van der Waals surface area contributed by atoms with Gasteiger partial charge in [-0.15, -0.1) is 0 Å². The maximum atomic E-state index is 14.2. The van der Waals surface area contributed by atoms with Gasteiger partial charge in [-0.1, -0.05) is 29.8 Å². The summed E-state index contributed by atoms with van der Waals surface area (Å²) in [5.74, 6) is -1.34. The number of aryl methyl sites for hydroxylation is 1. The molecule has 27 heavy (non-hydrogen) atoms. The number of nitrogens with zero attached hydrogens (tertiary/aromatic N) is 1. The molecule has 0 aliphatic carbocycles. The lowest BCUT2D eigenvalue weighted by atomic mass is 10.1. The summed E-state index contributed by atoms with van der Waals surface area (Å²) < 4.78 is 45.9. The smallest absolute Gasteiger partial charge is 0.251 e. The van der Waals surface area contributed by atoms with Gasteiger partial charge in [0.15, 0.2) is 0 Å². The van der Waals surface area contributed by atoms with Gasteiger partial charge in [-0.3, -0.25) is 4.79 Å². The number of carbonyl (C=O) groups is 1. The third-order valence-corrected chi connectivity index (χ3v) is 6.27. The molecule has 3 rings (SSSR count). The van der Waals surface area contributed by atoms with E-state index in [9.17, 15) is 17.6 Å². The Labute approximate surface area is 158 Å². The number of carbonyl (C=O) groups excluding carboxylic acids is 1. The highest BCUT2D eigenvalue weighted by Gasteiger charge is 2.29. The number of ether oxygens (including phenoxy) is 1. The molecule has 1 N–H and O–H groups in total. The summed E-state index contributed by atoms with van der Waals surface area (Å²) in [6.07, 6.45) is 0. The minimum Gasteiger partial charge on any atom is -0.379 e. The van der Waals surface area contributed by atoms with Crippen molar-refractivity contribution in [2.24, 2.45) is 0 Å². The molecule has 0 spiro atoms. The molecule has 2 aromatic rings. The van der Waals surface area contributed by atoms with Gasteiger partial charge in [0.2, 0.25) is 10.0 Å². The second-order valence-corrected chi connectivity index (χ2v) is 8.24. The molecule has 0 unspecified atom stereocenters. The first-order chi connectivity index (χ1) is 12.9. The van der Waals surface area contributed by atoms with Crippen molar-refractivity contribution < 1.29 is 22.3 Å². The predicted octanol–water partition coefficient (Wildman–Crippen LogP) is 2.09. The maximum Gasteiger partial charge on any atom is 0.251 e. The quantitative estimate of drug-likeness (QED) is 0.845. The molecule has 1 heterocycles. The van der Waals surface area contributed by atoms with Crippen LogP contribution in [-0.4, -0.2) is 44.9 Å². The van der Waals surface area contributed by atoms with Crippen LogP contribution in [-0.2, 0) is 21.3 Å². The third-order valence-electron chi connectivity index (χ3n) is 4.35. The lowest BCUT2D eigenvalue weighted by molar-refractivity contribution is 0.0729. The summed E-state index contributed by atoms with van der Waals surface area (Å²) in [7, 11) is -4.02. The largest absolute Gasteiger partial charge is 0.379 e. The van der Waals surface area contributed by atoms with E-state index in [1.807, 2.05) is 31.2 Å². The molecule has 2 aromatic carbocycles. The van der Waals surface area contributed by atoms with Crippen molar-refractivity contribution in [1.29, 1.82) is 0 Å². The van der Waals surface area contributed by atoms with E-state index >= 15 is 0 Å². The molecule has 6 nitrogen and oxygen atoms in total. The van der Waals surface area contributed by atoms with Gasteiger partial charge in [-0.05, 0) is 30.7 Å². The molecule has 0 radical (unpaired) electrons. The zero-order valence-electron chi connectivity index (χ0n) is 14.9. The molecule has 1 fully saturated rings. The van der Waals surface area contributed by atoms with E-state index in [2.05, 4.69) is 5.32 Å². The summed E-state index contributed by atoms with van der Waals surface area (Å²) in [6, 6.07) is 11.0. The monoisotopic (exact) mass is 392 g/mol. The number of rotatable bonds is 5. The summed E-state index contributed by atoms with van der Waals surface area (Å²) in [6.45, 7) is 3.10. The minimum absolute atomic E-state index is 0.0929. The molecule has 1 saturated heterocycles. The van der Waals surface area contributed by atoms with Gasteiger partial charge >= 0.3 is 0 Å². The van der Waals surface area contributed by atoms with E-state index < -0.39 is 26.6 Å². The van der Waals surface area contributed by atoms with Crippen molar-refractivity contribution in [3.63, 3.8) is 0 Å². The molecule has 8 heteroatoms. The lowest BCUT2D eigenvalue weighted by Crippen LogP contribution is -2.41. The number of amides is 1. The Bertz CT molecular complexity index is 923. The maximum absolute atomic E-state index is 14.2. The Kier molecular flexibility index (Phi) is 5.88. The molecular formula is C19H21FN2O4S. The van der Waals surface area contributed by atoms with Gasteiger partial charge in [-0.25, -0.2) is 12.8 Å².